The van der Waals surface area contributed by atoms with Gasteiger partial charge in [-0.25, -0.2) is 14.6 Å². The average molecular weight is 464 g/mol. The minimum absolute atomic E-state index is 0. The first-order valence-corrected chi connectivity index (χ1v) is 10.3. The maximum atomic E-state index is 12.9. The number of piperidine rings is 1. The summed E-state index contributed by atoms with van der Waals surface area (Å²) in [6, 6.07) is 6.28. The van der Waals surface area contributed by atoms with E-state index in [9.17, 15) is 4.79 Å². The Labute approximate surface area is 193 Å². The van der Waals surface area contributed by atoms with Crippen LogP contribution >= 0.6 is 24.8 Å². The van der Waals surface area contributed by atoms with E-state index in [0.717, 1.165) is 37.3 Å². The molecule has 5 rings (SSSR count). The summed E-state index contributed by atoms with van der Waals surface area (Å²) in [7, 11) is 0. The second kappa shape index (κ2) is 10.3. The first-order chi connectivity index (χ1) is 14.3. The molecule has 2 aliphatic rings. The topological polar surface area (TPSA) is 82.9 Å². The first-order valence-electron chi connectivity index (χ1n) is 10.3. The molecule has 0 spiro atoms. The SMILES string of the molecule is Cl.Cl.O=c1c(-c2cccnc2)c[nH]n1-c1cc(N2CCC(N3CCCC3)CC2)ncn1. The number of hydrogen-bond acceptors (Lipinski definition) is 6. The molecule has 0 atom stereocenters. The summed E-state index contributed by atoms with van der Waals surface area (Å²) >= 11 is 0. The number of halogens is 2. The fourth-order valence-electron chi connectivity index (χ4n) is 4.47. The van der Waals surface area contributed by atoms with Crippen molar-refractivity contribution >= 4 is 30.6 Å². The van der Waals surface area contributed by atoms with E-state index in [2.05, 4.69) is 29.9 Å². The second-order valence-electron chi connectivity index (χ2n) is 7.77. The van der Waals surface area contributed by atoms with Crippen LogP contribution in [0.15, 0.2) is 47.9 Å². The molecule has 8 nitrogen and oxygen atoms in total. The van der Waals surface area contributed by atoms with Gasteiger partial charge in [0.1, 0.15) is 12.1 Å². The highest BCUT2D eigenvalue weighted by Crippen LogP contribution is 2.24. The van der Waals surface area contributed by atoms with Gasteiger partial charge in [0, 0.05) is 49.4 Å². The number of pyridine rings is 1. The van der Waals surface area contributed by atoms with Crippen molar-refractivity contribution in [1.82, 2.24) is 29.6 Å². The van der Waals surface area contributed by atoms with E-state index in [-0.39, 0.29) is 30.4 Å². The summed E-state index contributed by atoms with van der Waals surface area (Å²) in [6.07, 6.45) is 11.6. The fraction of sp³-hybridized carbons (Fsp3) is 0.429. The maximum absolute atomic E-state index is 12.9. The standard InChI is InChI=1S/C21H25N7O.2ClH/c29-21-18(16-4-3-7-22-13-16)14-25-28(21)20-12-19(23-15-24-20)27-10-5-17(6-11-27)26-8-1-2-9-26;;/h3-4,7,12-15,17,25H,1-2,5-6,8-11H2;2*1H. The highest BCUT2D eigenvalue weighted by Gasteiger charge is 2.27. The fourth-order valence-corrected chi connectivity index (χ4v) is 4.47. The zero-order valence-electron chi connectivity index (χ0n) is 17.2. The van der Waals surface area contributed by atoms with Gasteiger partial charge in [0.05, 0.1) is 5.56 Å². The van der Waals surface area contributed by atoms with Crippen molar-refractivity contribution in [3.05, 3.63) is 53.5 Å². The number of nitrogens with zero attached hydrogens (tertiary/aromatic N) is 6. The molecular weight excluding hydrogens is 437 g/mol. The van der Waals surface area contributed by atoms with Gasteiger partial charge in [0.15, 0.2) is 5.82 Å². The summed E-state index contributed by atoms with van der Waals surface area (Å²) in [5.41, 5.74) is 1.21. The summed E-state index contributed by atoms with van der Waals surface area (Å²) in [5, 5.41) is 3.02. The molecule has 0 aromatic carbocycles. The molecule has 0 bridgehead atoms. The monoisotopic (exact) mass is 463 g/mol. The number of aromatic nitrogens is 5. The highest BCUT2D eigenvalue weighted by molar-refractivity contribution is 5.85. The van der Waals surface area contributed by atoms with E-state index in [1.165, 1.54) is 36.9 Å². The van der Waals surface area contributed by atoms with Crippen molar-refractivity contribution < 1.29 is 0 Å². The summed E-state index contributed by atoms with van der Waals surface area (Å²) < 4.78 is 1.46. The number of likely N-dealkylation sites (tertiary alicyclic amines) is 1. The minimum Gasteiger partial charge on any atom is -0.356 e. The second-order valence-corrected chi connectivity index (χ2v) is 7.77. The summed E-state index contributed by atoms with van der Waals surface area (Å²) in [5.74, 6) is 1.43. The van der Waals surface area contributed by atoms with Crippen molar-refractivity contribution in [2.24, 2.45) is 0 Å². The molecule has 3 aromatic heterocycles. The van der Waals surface area contributed by atoms with Crippen molar-refractivity contribution in [1.29, 1.82) is 0 Å². The van der Waals surface area contributed by atoms with Crippen LogP contribution < -0.4 is 10.5 Å². The molecular formula is C21H27Cl2N7O. The van der Waals surface area contributed by atoms with Gasteiger partial charge >= 0.3 is 0 Å². The molecule has 0 unspecified atom stereocenters. The lowest BCUT2D eigenvalue weighted by molar-refractivity contribution is 0.207. The molecule has 2 saturated heterocycles. The Balaban J connectivity index is 0.00000136. The van der Waals surface area contributed by atoms with Crippen LogP contribution in [-0.2, 0) is 0 Å². The van der Waals surface area contributed by atoms with Crippen molar-refractivity contribution in [3.8, 4) is 16.9 Å². The molecule has 3 aromatic rings. The quantitative estimate of drug-likeness (QED) is 0.640. The number of rotatable bonds is 4. The van der Waals surface area contributed by atoms with Crippen LogP contribution in [0, 0.1) is 0 Å². The van der Waals surface area contributed by atoms with Gasteiger partial charge in [-0.3, -0.25) is 14.9 Å². The van der Waals surface area contributed by atoms with Crippen molar-refractivity contribution in [3.63, 3.8) is 0 Å². The molecule has 1 N–H and O–H groups in total. The number of hydrogen-bond donors (Lipinski definition) is 1. The number of aromatic amines is 1. The molecule has 31 heavy (non-hydrogen) atoms. The normalized spacial score (nSPS) is 17.2. The lowest BCUT2D eigenvalue weighted by Gasteiger charge is -2.37. The van der Waals surface area contributed by atoms with Crippen LogP contribution in [0.5, 0.6) is 0 Å². The third-order valence-corrected chi connectivity index (χ3v) is 6.06. The van der Waals surface area contributed by atoms with Gasteiger partial charge < -0.3 is 9.80 Å². The predicted molar refractivity (Wildman–Crippen MR) is 126 cm³/mol. The van der Waals surface area contributed by atoms with E-state index in [1.807, 2.05) is 18.2 Å². The van der Waals surface area contributed by atoms with Gasteiger partial charge in [-0.1, -0.05) is 6.07 Å². The number of nitrogens with one attached hydrogen (secondary N) is 1. The van der Waals surface area contributed by atoms with Gasteiger partial charge in [0.25, 0.3) is 5.56 Å². The molecule has 0 amide bonds. The van der Waals surface area contributed by atoms with Crippen LogP contribution in [0.2, 0.25) is 0 Å². The lowest BCUT2D eigenvalue weighted by atomic mass is 10.0. The Bertz CT molecular complexity index is 1030. The largest absolute Gasteiger partial charge is 0.356 e. The Morgan fingerprint density at radius 3 is 2.45 bits per heavy atom. The van der Waals surface area contributed by atoms with Gasteiger partial charge in [0.2, 0.25) is 0 Å². The zero-order chi connectivity index (χ0) is 19.6. The van der Waals surface area contributed by atoms with Gasteiger partial charge in [-0.05, 0) is 44.8 Å². The minimum atomic E-state index is -0.143. The molecule has 2 fully saturated rings. The van der Waals surface area contributed by atoms with Crippen molar-refractivity contribution in [2.75, 3.05) is 31.1 Å². The molecule has 2 aliphatic heterocycles. The van der Waals surface area contributed by atoms with Crippen LogP contribution in [0.25, 0.3) is 16.9 Å². The van der Waals surface area contributed by atoms with E-state index in [0.29, 0.717) is 17.4 Å². The Morgan fingerprint density at radius 2 is 1.74 bits per heavy atom. The summed E-state index contributed by atoms with van der Waals surface area (Å²) in [4.78, 5) is 30.7. The van der Waals surface area contributed by atoms with Crippen molar-refractivity contribution in [2.45, 2.75) is 31.7 Å². The maximum Gasteiger partial charge on any atom is 0.280 e. The molecule has 166 valence electrons. The zero-order valence-corrected chi connectivity index (χ0v) is 18.8. The van der Waals surface area contributed by atoms with E-state index in [1.54, 1.807) is 18.6 Å². The molecule has 10 heteroatoms. The number of anilines is 1. The Morgan fingerprint density at radius 1 is 1.00 bits per heavy atom. The Kier molecular flexibility index (Phi) is 7.69. The molecule has 5 heterocycles. The Hall–Kier alpha value is -2.42. The molecule has 0 radical (unpaired) electrons. The van der Waals surface area contributed by atoms with Crippen LogP contribution in [0.1, 0.15) is 25.7 Å². The molecule has 0 saturated carbocycles. The first kappa shape index (κ1) is 23.2. The van der Waals surface area contributed by atoms with Gasteiger partial charge in [-0.2, -0.15) is 0 Å². The third-order valence-electron chi connectivity index (χ3n) is 6.06. The predicted octanol–water partition coefficient (Wildman–Crippen LogP) is 2.93. The highest BCUT2D eigenvalue weighted by atomic mass is 35.5. The lowest BCUT2D eigenvalue weighted by Crippen LogP contribution is -2.44. The molecule has 0 aliphatic carbocycles. The van der Waals surface area contributed by atoms with Crippen LogP contribution in [-0.4, -0.2) is 61.9 Å². The third kappa shape index (κ3) is 4.76. The smallest absolute Gasteiger partial charge is 0.280 e. The van der Waals surface area contributed by atoms with Crippen LogP contribution in [0.4, 0.5) is 5.82 Å². The van der Waals surface area contributed by atoms with Gasteiger partial charge in [-0.15, -0.1) is 24.8 Å². The summed E-state index contributed by atoms with van der Waals surface area (Å²) in [6.45, 7) is 4.46. The van der Waals surface area contributed by atoms with E-state index >= 15 is 0 Å². The van der Waals surface area contributed by atoms with E-state index < -0.39 is 0 Å². The van der Waals surface area contributed by atoms with E-state index in [4.69, 9.17) is 0 Å². The van der Waals surface area contributed by atoms with Crippen LogP contribution in [0.3, 0.4) is 0 Å². The number of H-pyrrole nitrogens is 1. The average Bonchev–Trinajstić information content (AvgIpc) is 3.45.